The quantitative estimate of drug-likeness (QED) is 0.857. The molecule has 0 heterocycles. The molecule has 2 N–H and O–H groups in total. The summed E-state index contributed by atoms with van der Waals surface area (Å²) in [7, 11) is 1.55. The first kappa shape index (κ1) is 17.2. The third-order valence-corrected chi connectivity index (χ3v) is 3.77. The van der Waals surface area contributed by atoms with Crippen molar-refractivity contribution >= 4 is 28.9 Å². The zero-order valence-electron chi connectivity index (χ0n) is 13.8. The molecule has 0 unspecified atom stereocenters. The molecule has 0 spiro atoms. The summed E-state index contributed by atoms with van der Waals surface area (Å²) in [6.45, 7) is 6.28. The van der Waals surface area contributed by atoms with Gasteiger partial charge in [-0.25, -0.2) is 0 Å². The van der Waals surface area contributed by atoms with Crippen LogP contribution in [0.1, 0.15) is 16.7 Å². The Kier molecular flexibility index (Phi) is 5.50. The van der Waals surface area contributed by atoms with Crippen molar-refractivity contribution in [2.45, 2.75) is 20.8 Å². The number of amides is 1. The number of hydrogen-bond donors (Lipinski definition) is 2. The van der Waals surface area contributed by atoms with E-state index in [4.69, 9.17) is 16.3 Å². The number of methoxy groups -OCH3 is 1. The lowest BCUT2D eigenvalue weighted by atomic mass is 10.1. The number of carbonyl (C=O) groups is 1. The normalized spacial score (nSPS) is 10.3. The highest BCUT2D eigenvalue weighted by Gasteiger charge is 2.10. The van der Waals surface area contributed by atoms with Crippen LogP contribution in [0.2, 0.25) is 5.02 Å². The fraction of sp³-hybridized carbons (Fsp3) is 0.278. The SMILES string of the molecule is COc1ccc(Cl)cc1NC(=O)CNc1c(C)cc(C)cc1C. The maximum absolute atomic E-state index is 12.2. The van der Waals surface area contributed by atoms with Crippen LogP contribution in [0.3, 0.4) is 0 Å². The highest BCUT2D eigenvalue weighted by Crippen LogP contribution is 2.27. The van der Waals surface area contributed by atoms with Crippen molar-refractivity contribution in [3.05, 3.63) is 52.0 Å². The molecule has 0 saturated carbocycles. The molecule has 1 amide bonds. The fourth-order valence-electron chi connectivity index (χ4n) is 2.60. The number of anilines is 2. The summed E-state index contributed by atoms with van der Waals surface area (Å²) in [4.78, 5) is 12.2. The van der Waals surface area contributed by atoms with Crippen molar-refractivity contribution in [3.8, 4) is 5.75 Å². The zero-order valence-corrected chi connectivity index (χ0v) is 14.5. The van der Waals surface area contributed by atoms with Gasteiger partial charge in [-0.05, 0) is 50.1 Å². The van der Waals surface area contributed by atoms with Crippen LogP contribution in [0.15, 0.2) is 30.3 Å². The lowest BCUT2D eigenvalue weighted by Crippen LogP contribution is -2.22. The van der Waals surface area contributed by atoms with Crippen molar-refractivity contribution in [2.24, 2.45) is 0 Å². The second-order valence-corrected chi connectivity index (χ2v) is 5.96. The Hall–Kier alpha value is -2.20. The number of aryl methyl sites for hydroxylation is 3. The number of rotatable bonds is 5. The predicted octanol–water partition coefficient (Wildman–Crippen LogP) is 4.32. The van der Waals surface area contributed by atoms with E-state index >= 15 is 0 Å². The lowest BCUT2D eigenvalue weighted by molar-refractivity contribution is -0.114. The van der Waals surface area contributed by atoms with Crippen LogP contribution in [-0.4, -0.2) is 19.6 Å². The van der Waals surface area contributed by atoms with Crippen LogP contribution >= 0.6 is 11.6 Å². The molecule has 23 heavy (non-hydrogen) atoms. The highest BCUT2D eigenvalue weighted by atomic mass is 35.5. The Labute approximate surface area is 141 Å². The van der Waals surface area contributed by atoms with Crippen LogP contribution in [-0.2, 0) is 4.79 Å². The van der Waals surface area contributed by atoms with Crippen LogP contribution in [0.25, 0.3) is 0 Å². The summed E-state index contributed by atoms with van der Waals surface area (Å²) < 4.78 is 5.22. The average Bonchev–Trinajstić information content (AvgIpc) is 2.46. The average molecular weight is 333 g/mol. The third kappa shape index (κ3) is 4.39. The van der Waals surface area contributed by atoms with Gasteiger partial charge < -0.3 is 15.4 Å². The number of carbonyl (C=O) groups excluding carboxylic acids is 1. The Bertz CT molecular complexity index is 706. The van der Waals surface area contributed by atoms with Gasteiger partial charge in [0, 0.05) is 10.7 Å². The molecule has 0 aliphatic rings. The van der Waals surface area contributed by atoms with Gasteiger partial charge in [-0.2, -0.15) is 0 Å². The first-order chi connectivity index (χ1) is 10.9. The molecule has 4 nitrogen and oxygen atoms in total. The Morgan fingerprint density at radius 2 is 1.78 bits per heavy atom. The van der Waals surface area contributed by atoms with Crippen LogP contribution in [0.4, 0.5) is 11.4 Å². The first-order valence-electron chi connectivity index (χ1n) is 7.36. The molecule has 0 aliphatic heterocycles. The molecule has 0 atom stereocenters. The van der Waals surface area contributed by atoms with Crippen LogP contribution in [0, 0.1) is 20.8 Å². The molecule has 2 aromatic carbocycles. The molecule has 0 bridgehead atoms. The van der Waals surface area contributed by atoms with E-state index in [1.54, 1.807) is 25.3 Å². The first-order valence-corrected chi connectivity index (χ1v) is 7.73. The van der Waals surface area contributed by atoms with Crippen molar-refractivity contribution in [3.63, 3.8) is 0 Å². The third-order valence-electron chi connectivity index (χ3n) is 3.54. The summed E-state index contributed by atoms with van der Waals surface area (Å²) in [5.41, 5.74) is 5.00. The van der Waals surface area contributed by atoms with Gasteiger partial charge in [-0.3, -0.25) is 4.79 Å². The Morgan fingerprint density at radius 1 is 1.13 bits per heavy atom. The van der Waals surface area contributed by atoms with E-state index in [0.717, 1.165) is 16.8 Å². The van der Waals surface area contributed by atoms with E-state index in [1.807, 2.05) is 13.8 Å². The molecule has 0 aliphatic carbocycles. The molecule has 0 aromatic heterocycles. The monoisotopic (exact) mass is 332 g/mol. The molecule has 0 saturated heterocycles. The minimum atomic E-state index is -0.162. The number of nitrogens with one attached hydrogen (secondary N) is 2. The number of benzene rings is 2. The summed E-state index contributed by atoms with van der Waals surface area (Å²) in [6.07, 6.45) is 0. The largest absolute Gasteiger partial charge is 0.495 e. The summed E-state index contributed by atoms with van der Waals surface area (Å²) >= 11 is 5.96. The minimum absolute atomic E-state index is 0.162. The van der Waals surface area contributed by atoms with Crippen molar-refractivity contribution < 1.29 is 9.53 Å². The maximum Gasteiger partial charge on any atom is 0.243 e. The molecule has 122 valence electrons. The summed E-state index contributed by atoms with van der Waals surface area (Å²) in [5.74, 6) is 0.412. The van der Waals surface area contributed by atoms with Crippen molar-refractivity contribution in [1.82, 2.24) is 0 Å². The molecule has 2 aromatic rings. The van der Waals surface area contributed by atoms with E-state index in [-0.39, 0.29) is 12.5 Å². The summed E-state index contributed by atoms with van der Waals surface area (Å²) in [5, 5.41) is 6.55. The zero-order chi connectivity index (χ0) is 17.0. The minimum Gasteiger partial charge on any atom is -0.495 e. The standard InChI is InChI=1S/C18H21ClN2O2/c1-11-7-12(2)18(13(3)8-11)20-10-17(22)21-15-9-14(19)5-6-16(15)23-4/h5-9,20H,10H2,1-4H3,(H,21,22). The Morgan fingerprint density at radius 3 is 2.39 bits per heavy atom. The van der Waals surface area contributed by atoms with Gasteiger partial charge in [-0.15, -0.1) is 0 Å². The van der Waals surface area contributed by atoms with Gasteiger partial charge in [-0.1, -0.05) is 29.3 Å². The number of hydrogen-bond acceptors (Lipinski definition) is 3. The smallest absolute Gasteiger partial charge is 0.243 e. The second-order valence-electron chi connectivity index (χ2n) is 5.52. The predicted molar refractivity (Wildman–Crippen MR) is 95.8 cm³/mol. The van der Waals surface area contributed by atoms with Crippen LogP contribution in [0.5, 0.6) is 5.75 Å². The molecule has 0 radical (unpaired) electrons. The van der Waals surface area contributed by atoms with Gasteiger partial charge in [0.25, 0.3) is 0 Å². The lowest BCUT2D eigenvalue weighted by Gasteiger charge is -2.15. The van der Waals surface area contributed by atoms with Gasteiger partial charge in [0.15, 0.2) is 0 Å². The van der Waals surface area contributed by atoms with Gasteiger partial charge in [0.1, 0.15) is 5.75 Å². The topological polar surface area (TPSA) is 50.4 Å². The maximum atomic E-state index is 12.2. The van der Waals surface area contributed by atoms with Gasteiger partial charge >= 0.3 is 0 Å². The fourth-order valence-corrected chi connectivity index (χ4v) is 2.77. The van der Waals surface area contributed by atoms with Gasteiger partial charge in [0.2, 0.25) is 5.91 Å². The molecule has 0 fully saturated rings. The van der Waals surface area contributed by atoms with E-state index in [2.05, 4.69) is 29.7 Å². The van der Waals surface area contributed by atoms with E-state index < -0.39 is 0 Å². The van der Waals surface area contributed by atoms with E-state index in [1.165, 1.54) is 5.56 Å². The number of ether oxygens (including phenoxy) is 1. The summed E-state index contributed by atoms with van der Waals surface area (Å²) in [6, 6.07) is 9.29. The Balaban J connectivity index is 2.05. The molecular formula is C18H21ClN2O2. The highest BCUT2D eigenvalue weighted by molar-refractivity contribution is 6.31. The van der Waals surface area contributed by atoms with E-state index in [0.29, 0.717) is 16.5 Å². The number of halogens is 1. The van der Waals surface area contributed by atoms with Crippen molar-refractivity contribution in [2.75, 3.05) is 24.3 Å². The molecule has 2 rings (SSSR count). The van der Waals surface area contributed by atoms with Crippen molar-refractivity contribution in [1.29, 1.82) is 0 Å². The van der Waals surface area contributed by atoms with Crippen LogP contribution < -0.4 is 15.4 Å². The van der Waals surface area contributed by atoms with Gasteiger partial charge in [0.05, 0.1) is 19.3 Å². The van der Waals surface area contributed by atoms with E-state index in [9.17, 15) is 4.79 Å². The molecule has 5 heteroatoms. The second kappa shape index (κ2) is 7.38. The molecular weight excluding hydrogens is 312 g/mol.